The maximum absolute atomic E-state index is 12.0. The Hall–Kier alpha value is -1.59. The fourth-order valence-electron chi connectivity index (χ4n) is 1.86. The molecule has 1 aromatic carbocycles. The van der Waals surface area contributed by atoms with Crippen molar-refractivity contribution in [3.63, 3.8) is 0 Å². The van der Waals surface area contributed by atoms with Crippen molar-refractivity contribution in [1.29, 1.82) is 0 Å². The Balaban J connectivity index is 1.99. The van der Waals surface area contributed by atoms with Crippen LogP contribution in [0.4, 0.5) is 4.79 Å². The van der Waals surface area contributed by atoms with Gasteiger partial charge in [-0.2, -0.15) is 0 Å². The Kier molecular flexibility index (Phi) is 3.95. The fraction of sp³-hybridized carbons (Fsp3) is 0.417. The molecule has 1 fully saturated rings. The monoisotopic (exact) mass is 235 g/mol. The number of carbonyl (C=O) groups is 1. The first-order chi connectivity index (χ1) is 8.31. The highest BCUT2D eigenvalue weighted by Gasteiger charge is 2.26. The van der Waals surface area contributed by atoms with E-state index in [2.05, 4.69) is 5.32 Å². The number of piperazine rings is 1. The van der Waals surface area contributed by atoms with Crippen LogP contribution in [0.5, 0.6) is 5.75 Å². The number of nitrogens with two attached hydrogens (primary N) is 1. The maximum Gasteiger partial charge on any atom is 0.415 e. The summed E-state index contributed by atoms with van der Waals surface area (Å²) in [4.78, 5) is 13.6. The average molecular weight is 235 g/mol. The van der Waals surface area contributed by atoms with E-state index in [0.29, 0.717) is 18.8 Å². The molecular weight excluding hydrogens is 218 g/mol. The highest BCUT2D eigenvalue weighted by molar-refractivity contribution is 5.71. The van der Waals surface area contributed by atoms with Crippen LogP contribution in [0.25, 0.3) is 0 Å². The molecule has 0 bridgehead atoms. The molecule has 2 rings (SSSR count). The molecule has 1 atom stereocenters. The van der Waals surface area contributed by atoms with Crippen LogP contribution < -0.4 is 15.8 Å². The Morgan fingerprint density at radius 3 is 2.94 bits per heavy atom. The largest absolute Gasteiger partial charge is 0.415 e. The van der Waals surface area contributed by atoms with Gasteiger partial charge < -0.3 is 20.7 Å². The van der Waals surface area contributed by atoms with E-state index in [1.165, 1.54) is 0 Å². The van der Waals surface area contributed by atoms with Crippen LogP contribution in [0.15, 0.2) is 30.3 Å². The second-order valence-electron chi connectivity index (χ2n) is 3.97. The first-order valence-electron chi connectivity index (χ1n) is 5.75. The van der Waals surface area contributed by atoms with E-state index in [9.17, 15) is 4.79 Å². The van der Waals surface area contributed by atoms with Gasteiger partial charge in [-0.15, -0.1) is 0 Å². The lowest BCUT2D eigenvalue weighted by Gasteiger charge is -2.34. The van der Waals surface area contributed by atoms with Crippen LogP contribution in [0, 0.1) is 0 Å². The molecule has 0 radical (unpaired) electrons. The first-order valence-corrected chi connectivity index (χ1v) is 5.75. The third-order valence-corrected chi connectivity index (χ3v) is 2.81. The van der Waals surface area contributed by atoms with E-state index in [-0.39, 0.29) is 12.1 Å². The average Bonchev–Trinajstić information content (AvgIpc) is 2.40. The Morgan fingerprint density at radius 1 is 1.47 bits per heavy atom. The predicted octanol–water partition coefficient (Wildman–Crippen LogP) is 0.418. The zero-order valence-electron chi connectivity index (χ0n) is 9.63. The van der Waals surface area contributed by atoms with E-state index in [1.54, 1.807) is 17.0 Å². The first kappa shape index (κ1) is 11.9. The van der Waals surface area contributed by atoms with Crippen molar-refractivity contribution in [3.05, 3.63) is 30.3 Å². The van der Waals surface area contributed by atoms with Gasteiger partial charge in [0.2, 0.25) is 0 Å². The van der Waals surface area contributed by atoms with Crippen LogP contribution in [0.2, 0.25) is 0 Å². The van der Waals surface area contributed by atoms with Crippen molar-refractivity contribution in [2.24, 2.45) is 5.73 Å². The van der Waals surface area contributed by atoms with Gasteiger partial charge in [0.25, 0.3) is 0 Å². The van der Waals surface area contributed by atoms with Crippen LogP contribution in [0.1, 0.15) is 0 Å². The lowest BCUT2D eigenvalue weighted by molar-refractivity contribution is 0.121. The zero-order chi connectivity index (χ0) is 12.1. The Labute approximate surface area is 101 Å². The van der Waals surface area contributed by atoms with Crippen molar-refractivity contribution in [1.82, 2.24) is 10.2 Å². The molecule has 0 spiro atoms. The number of benzene rings is 1. The second-order valence-corrected chi connectivity index (χ2v) is 3.97. The molecule has 17 heavy (non-hydrogen) atoms. The third kappa shape index (κ3) is 2.95. The molecule has 1 saturated heterocycles. The summed E-state index contributed by atoms with van der Waals surface area (Å²) < 4.78 is 5.29. The molecule has 1 aromatic rings. The minimum atomic E-state index is -0.326. The normalized spacial score (nSPS) is 20.1. The van der Waals surface area contributed by atoms with E-state index in [1.807, 2.05) is 18.2 Å². The van der Waals surface area contributed by atoms with Crippen LogP contribution >= 0.6 is 0 Å². The number of carbonyl (C=O) groups excluding carboxylic acids is 1. The van der Waals surface area contributed by atoms with E-state index in [0.717, 1.165) is 13.1 Å². The SMILES string of the molecule is NCC1CNCCN1C(=O)Oc1ccccc1. The van der Waals surface area contributed by atoms with E-state index < -0.39 is 0 Å². The minimum Gasteiger partial charge on any atom is -0.410 e. The summed E-state index contributed by atoms with van der Waals surface area (Å²) in [6.07, 6.45) is -0.326. The van der Waals surface area contributed by atoms with E-state index in [4.69, 9.17) is 10.5 Å². The number of amides is 1. The van der Waals surface area contributed by atoms with E-state index >= 15 is 0 Å². The molecule has 0 aromatic heterocycles. The van der Waals surface area contributed by atoms with Crippen LogP contribution in [-0.4, -0.2) is 43.2 Å². The molecule has 1 heterocycles. The number of ether oxygens (including phenoxy) is 1. The number of hydrogen-bond acceptors (Lipinski definition) is 4. The van der Waals surface area contributed by atoms with Crippen molar-refractivity contribution < 1.29 is 9.53 Å². The van der Waals surface area contributed by atoms with Gasteiger partial charge in [0.05, 0.1) is 6.04 Å². The van der Waals surface area contributed by atoms with Gasteiger partial charge in [0.15, 0.2) is 0 Å². The number of para-hydroxylation sites is 1. The summed E-state index contributed by atoms with van der Waals surface area (Å²) in [5.41, 5.74) is 5.64. The van der Waals surface area contributed by atoms with Gasteiger partial charge in [-0.25, -0.2) is 4.79 Å². The molecule has 0 saturated carbocycles. The molecule has 1 aliphatic rings. The Morgan fingerprint density at radius 2 is 2.24 bits per heavy atom. The maximum atomic E-state index is 12.0. The minimum absolute atomic E-state index is 0.0139. The van der Waals surface area contributed by atoms with Gasteiger partial charge in [-0.1, -0.05) is 18.2 Å². The standard InChI is InChI=1S/C12H17N3O2/c13-8-10-9-14-6-7-15(10)12(16)17-11-4-2-1-3-5-11/h1-5,10,14H,6-9,13H2. The topological polar surface area (TPSA) is 67.6 Å². The highest BCUT2D eigenvalue weighted by Crippen LogP contribution is 2.12. The molecule has 92 valence electrons. The molecule has 1 unspecified atom stereocenters. The van der Waals surface area contributed by atoms with Crippen molar-refractivity contribution in [2.45, 2.75) is 6.04 Å². The van der Waals surface area contributed by atoms with Gasteiger partial charge >= 0.3 is 6.09 Å². The lowest BCUT2D eigenvalue weighted by Crippen LogP contribution is -2.57. The summed E-state index contributed by atoms with van der Waals surface area (Å²) in [5, 5.41) is 3.21. The summed E-state index contributed by atoms with van der Waals surface area (Å²) in [7, 11) is 0. The summed E-state index contributed by atoms with van der Waals surface area (Å²) >= 11 is 0. The predicted molar refractivity (Wildman–Crippen MR) is 64.9 cm³/mol. The smallest absolute Gasteiger partial charge is 0.410 e. The zero-order valence-corrected chi connectivity index (χ0v) is 9.63. The number of nitrogens with zero attached hydrogens (tertiary/aromatic N) is 1. The van der Waals surface area contributed by atoms with Crippen molar-refractivity contribution >= 4 is 6.09 Å². The molecule has 3 N–H and O–H groups in total. The van der Waals surface area contributed by atoms with Gasteiger partial charge in [-0.05, 0) is 12.1 Å². The quantitative estimate of drug-likeness (QED) is 0.779. The summed E-state index contributed by atoms with van der Waals surface area (Å²) in [6, 6.07) is 9.08. The Bertz CT molecular complexity index is 369. The number of nitrogens with one attached hydrogen (secondary N) is 1. The molecule has 5 nitrogen and oxygen atoms in total. The van der Waals surface area contributed by atoms with Crippen LogP contribution in [-0.2, 0) is 0 Å². The molecule has 1 amide bonds. The highest BCUT2D eigenvalue weighted by atomic mass is 16.6. The third-order valence-electron chi connectivity index (χ3n) is 2.81. The molecule has 5 heteroatoms. The second kappa shape index (κ2) is 5.65. The van der Waals surface area contributed by atoms with Crippen LogP contribution in [0.3, 0.4) is 0 Å². The molecule has 0 aliphatic carbocycles. The van der Waals surface area contributed by atoms with Crippen molar-refractivity contribution in [2.75, 3.05) is 26.2 Å². The molecular formula is C12H17N3O2. The van der Waals surface area contributed by atoms with Gasteiger partial charge in [0.1, 0.15) is 5.75 Å². The fourth-order valence-corrected chi connectivity index (χ4v) is 1.86. The van der Waals surface area contributed by atoms with Crippen molar-refractivity contribution in [3.8, 4) is 5.75 Å². The summed E-state index contributed by atoms with van der Waals surface area (Å²) in [6.45, 7) is 2.57. The lowest BCUT2D eigenvalue weighted by atomic mass is 10.2. The summed E-state index contributed by atoms with van der Waals surface area (Å²) in [5.74, 6) is 0.562. The van der Waals surface area contributed by atoms with Gasteiger partial charge in [0, 0.05) is 26.2 Å². The number of rotatable bonds is 2. The van der Waals surface area contributed by atoms with Gasteiger partial charge in [-0.3, -0.25) is 0 Å². The molecule has 1 aliphatic heterocycles. The number of hydrogen-bond donors (Lipinski definition) is 2.